The van der Waals surface area contributed by atoms with Crippen molar-refractivity contribution in [1.29, 1.82) is 0 Å². The van der Waals surface area contributed by atoms with E-state index in [1.807, 2.05) is 6.08 Å². The van der Waals surface area contributed by atoms with E-state index in [0.29, 0.717) is 31.3 Å². The molecule has 0 aromatic rings. The topological polar surface area (TPSA) is 46.6 Å². The summed E-state index contributed by atoms with van der Waals surface area (Å²) in [5.74, 6) is 0.638. The van der Waals surface area contributed by atoms with E-state index in [9.17, 15) is 9.59 Å². The van der Waals surface area contributed by atoms with Crippen LogP contribution in [0.5, 0.6) is 0 Å². The Morgan fingerprint density at radius 1 is 1.40 bits per heavy atom. The molecule has 0 aromatic heterocycles. The lowest BCUT2D eigenvalue weighted by atomic mass is 9.88. The first-order valence-corrected chi connectivity index (χ1v) is 5.39. The number of rotatable bonds is 2. The van der Waals surface area contributed by atoms with Crippen LogP contribution in [0.25, 0.3) is 0 Å². The maximum atomic E-state index is 11.2. The van der Waals surface area contributed by atoms with Crippen LogP contribution in [0.3, 0.4) is 0 Å². The number of hydrogen-bond donors (Lipinski definition) is 0. The zero-order chi connectivity index (χ0) is 10.7. The lowest BCUT2D eigenvalue weighted by Crippen LogP contribution is -2.18. The molecule has 2 fully saturated rings. The van der Waals surface area contributed by atoms with Gasteiger partial charge in [-0.1, -0.05) is 6.08 Å². The van der Waals surface area contributed by atoms with Crippen molar-refractivity contribution in [2.45, 2.75) is 25.7 Å². The molecule has 0 bridgehead atoms. The van der Waals surface area contributed by atoms with Crippen LogP contribution in [-0.2, 0) is 9.53 Å². The Labute approximate surface area is 88.9 Å². The standard InChI is InChI=1S/C11H15NO3/c13-10-3-1-2-9(8-10)4-5-12-6-7-15-11(12)14/h4-5,9H,1-3,6-8H2/b5-4+. The molecule has 15 heavy (non-hydrogen) atoms. The van der Waals surface area contributed by atoms with Crippen LogP contribution in [0, 0.1) is 5.92 Å². The van der Waals surface area contributed by atoms with Gasteiger partial charge in [0.05, 0.1) is 6.54 Å². The smallest absolute Gasteiger partial charge is 0.413 e. The molecular formula is C11H15NO3. The molecule has 2 rings (SSSR count). The van der Waals surface area contributed by atoms with Crippen molar-refractivity contribution in [1.82, 2.24) is 4.90 Å². The summed E-state index contributed by atoms with van der Waals surface area (Å²) in [4.78, 5) is 23.8. The van der Waals surface area contributed by atoms with Gasteiger partial charge in [0.25, 0.3) is 0 Å². The number of Topliss-reactive ketones (excluding diaryl/α,β-unsaturated/α-hetero) is 1. The van der Waals surface area contributed by atoms with Gasteiger partial charge in [-0.05, 0) is 18.8 Å². The summed E-state index contributed by atoms with van der Waals surface area (Å²) in [7, 11) is 0. The second-order valence-electron chi connectivity index (χ2n) is 4.04. The third-order valence-electron chi connectivity index (χ3n) is 2.85. The van der Waals surface area contributed by atoms with Crippen molar-refractivity contribution in [2.24, 2.45) is 5.92 Å². The number of hydrogen-bond acceptors (Lipinski definition) is 3. The third kappa shape index (κ3) is 2.58. The van der Waals surface area contributed by atoms with E-state index in [-0.39, 0.29) is 6.09 Å². The Bertz CT molecular complexity index is 298. The predicted octanol–water partition coefficient (Wildman–Crippen LogP) is 1.71. The Hall–Kier alpha value is -1.32. The van der Waals surface area contributed by atoms with Gasteiger partial charge >= 0.3 is 6.09 Å². The summed E-state index contributed by atoms with van der Waals surface area (Å²) in [5.41, 5.74) is 0. The Morgan fingerprint density at radius 2 is 2.27 bits per heavy atom. The highest BCUT2D eigenvalue weighted by Crippen LogP contribution is 2.22. The van der Waals surface area contributed by atoms with Crippen LogP contribution in [-0.4, -0.2) is 29.9 Å². The first-order chi connectivity index (χ1) is 7.25. The van der Waals surface area contributed by atoms with Gasteiger partial charge in [-0.25, -0.2) is 4.79 Å². The first-order valence-electron chi connectivity index (χ1n) is 5.39. The quantitative estimate of drug-likeness (QED) is 0.695. The monoisotopic (exact) mass is 209 g/mol. The van der Waals surface area contributed by atoms with Crippen molar-refractivity contribution in [2.75, 3.05) is 13.2 Å². The highest BCUT2D eigenvalue weighted by atomic mass is 16.6. The molecule has 0 spiro atoms. The number of ether oxygens (including phenoxy) is 1. The fourth-order valence-corrected chi connectivity index (χ4v) is 1.99. The first kappa shape index (κ1) is 10.2. The molecule has 0 radical (unpaired) electrons. The molecule has 1 aliphatic carbocycles. The van der Waals surface area contributed by atoms with E-state index in [1.54, 1.807) is 11.1 Å². The number of nitrogens with zero attached hydrogens (tertiary/aromatic N) is 1. The lowest BCUT2D eigenvalue weighted by molar-refractivity contribution is -0.121. The van der Waals surface area contributed by atoms with Gasteiger partial charge in [0.15, 0.2) is 0 Å². The van der Waals surface area contributed by atoms with E-state index in [0.717, 1.165) is 19.3 Å². The van der Waals surface area contributed by atoms with Crippen LogP contribution < -0.4 is 0 Å². The normalized spacial score (nSPS) is 27.5. The van der Waals surface area contributed by atoms with Crippen molar-refractivity contribution < 1.29 is 14.3 Å². The Balaban J connectivity index is 1.87. The van der Waals surface area contributed by atoms with Crippen LogP contribution in [0.2, 0.25) is 0 Å². The molecule has 1 aliphatic heterocycles. The second-order valence-corrected chi connectivity index (χ2v) is 4.04. The average molecular weight is 209 g/mol. The van der Waals surface area contributed by atoms with Gasteiger partial charge in [0, 0.05) is 19.0 Å². The van der Waals surface area contributed by atoms with Crippen molar-refractivity contribution in [3.63, 3.8) is 0 Å². The predicted molar refractivity (Wildman–Crippen MR) is 54.2 cm³/mol. The Kier molecular flexibility index (Phi) is 3.04. The number of carbonyl (C=O) groups is 2. The minimum absolute atomic E-state index is 0.284. The Morgan fingerprint density at radius 3 is 2.93 bits per heavy atom. The molecule has 1 amide bonds. The van der Waals surface area contributed by atoms with Gasteiger partial charge in [-0.2, -0.15) is 0 Å². The number of cyclic esters (lactones) is 1. The van der Waals surface area contributed by atoms with E-state index >= 15 is 0 Å². The molecule has 4 nitrogen and oxygen atoms in total. The number of ketones is 1. The van der Waals surface area contributed by atoms with Gasteiger partial charge in [0.1, 0.15) is 12.4 Å². The highest BCUT2D eigenvalue weighted by molar-refractivity contribution is 5.79. The van der Waals surface area contributed by atoms with Gasteiger partial charge in [-0.15, -0.1) is 0 Å². The number of carbonyl (C=O) groups excluding carboxylic acids is 2. The summed E-state index contributed by atoms with van der Waals surface area (Å²) in [6.45, 7) is 1.09. The summed E-state index contributed by atoms with van der Waals surface area (Å²) in [5, 5.41) is 0. The second kappa shape index (κ2) is 4.47. The highest BCUT2D eigenvalue weighted by Gasteiger charge is 2.21. The summed E-state index contributed by atoms with van der Waals surface area (Å²) >= 11 is 0. The average Bonchev–Trinajstić information content (AvgIpc) is 2.61. The molecular weight excluding hydrogens is 194 g/mol. The van der Waals surface area contributed by atoms with Crippen molar-refractivity contribution in [3.8, 4) is 0 Å². The number of amides is 1. The lowest BCUT2D eigenvalue weighted by Gasteiger charge is -2.17. The van der Waals surface area contributed by atoms with Crippen LogP contribution in [0.15, 0.2) is 12.3 Å². The third-order valence-corrected chi connectivity index (χ3v) is 2.85. The summed E-state index contributed by atoms with van der Waals surface area (Å²) in [6.07, 6.45) is 6.80. The molecule has 1 saturated heterocycles. The van der Waals surface area contributed by atoms with Crippen molar-refractivity contribution in [3.05, 3.63) is 12.3 Å². The SMILES string of the molecule is O=C1CCCC(/C=C/N2CCOC2=O)C1. The zero-order valence-corrected chi connectivity index (χ0v) is 8.65. The molecule has 2 aliphatic rings. The van der Waals surface area contributed by atoms with E-state index in [2.05, 4.69) is 0 Å². The van der Waals surface area contributed by atoms with Crippen LogP contribution >= 0.6 is 0 Å². The molecule has 1 unspecified atom stereocenters. The van der Waals surface area contributed by atoms with Crippen LogP contribution in [0.1, 0.15) is 25.7 Å². The van der Waals surface area contributed by atoms with Gasteiger partial charge in [-0.3, -0.25) is 9.69 Å². The molecule has 1 atom stereocenters. The maximum absolute atomic E-state index is 11.2. The van der Waals surface area contributed by atoms with Crippen LogP contribution in [0.4, 0.5) is 4.79 Å². The fourth-order valence-electron chi connectivity index (χ4n) is 1.99. The summed E-state index contributed by atoms with van der Waals surface area (Å²) < 4.78 is 4.80. The fraction of sp³-hybridized carbons (Fsp3) is 0.636. The molecule has 4 heteroatoms. The van der Waals surface area contributed by atoms with E-state index in [4.69, 9.17) is 4.74 Å². The summed E-state index contributed by atoms with van der Waals surface area (Å²) in [6, 6.07) is 0. The van der Waals surface area contributed by atoms with E-state index < -0.39 is 0 Å². The molecule has 82 valence electrons. The van der Waals surface area contributed by atoms with Gasteiger partial charge in [0.2, 0.25) is 0 Å². The minimum Gasteiger partial charge on any atom is -0.447 e. The molecule has 1 heterocycles. The van der Waals surface area contributed by atoms with Crippen molar-refractivity contribution >= 4 is 11.9 Å². The molecule has 0 aromatic carbocycles. The van der Waals surface area contributed by atoms with Gasteiger partial charge < -0.3 is 4.74 Å². The van der Waals surface area contributed by atoms with E-state index in [1.165, 1.54) is 0 Å². The maximum Gasteiger partial charge on any atom is 0.413 e. The number of allylic oxidation sites excluding steroid dienone is 1. The molecule has 1 saturated carbocycles. The largest absolute Gasteiger partial charge is 0.447 e. The minimum atomic E-state index is -0.284. The zero-order valence-electron chi connectivity index (χ0n) is 8.65. The molecule has 0 N–H and O–H groups in total.